The third kappa shape index (κ3) is 5.02. The van der Waals surface area contributed by atoms with Crippen molar-refractivity contribution in [3.05, 3.63) is 63.7 Å². The Hall–Kier alpha value is -2.98. The number of nitrogens with zero attached hydrogens (tertiary/aromatic N) is 2. The second-order valence-electron chi connectivity index (χ2n) is 5.01. The number of esters is 1. The number of hydrogen-bond donors (Lipinski definition) is 1. The predicted octanol–water partition coefficient (Wildman–Crippen LogP) is 3.01. The summed E-state index contributed by atoms with van der Waals surface area (Å²) in [5.41, 5.74) is 2.49. The summed E-state index contributed by atoms with van der Waals surface area (Å²) in [6, 6.07) is 10.2. The monoisotopic (exact) mass is 411 g/mol. The number of sulfone groups is 1. The van der Waals surface area contributed by atoms with Crippen LogP contribution in [-0.4, -0.2) is 31.0 Å². The highest BCUT2D eigenvalue weighted by molar-refractivity contribution is 8.08. The molecule has 0 unspecified atom stereocenters. The highest BCUT2D eigenvalue weighted by atomic mass is 35.5. The lowest BCUT2D eigenvalue weighted by Gasteiger charge is -2.08. The van der Waals surface area contributed by atoms with Crippen molar-refractivity contribution in [3.8, 4) is 0 Å². The zero-order valence-electron chi connectivity index (χ0n) is 14.0. The quantitative estimate of drug-likeness (QED) is 0.263. The maximum absolute atomic E-state index is 12.7. The summed E-state index contributed by atoms with van der Waals surface area (Å²) in [6.07, 6.45) is 0. The summed E-state index contributed by atoms with van der Waals surface area (Å²) < 4.78 is 30.2. The number of hydrazone groups is 1. The molecule has 0 radical (unpaired) electrons. The smallest absolute Gasteiger partial charge is 0.371 e. The Morgan fingerprint density at radius 3 is 2.30 bits per heavy atom. The fraction of sp³-hybridized carbons (Fsp3) is 0.125. The molecule has 2 aromatic carbocycles. The summed E-state index contributed by atoms with van der Waals surface area (Å²) in [4.78, 5) is 22.0. The van der Waals surface area contributed by atoms with Crippen LogP contribution in [-0.2, 0) is 19.4 Å². The van der Waals surface area contributed by atoms with Gasteiger partial charge in [-0.2, -0.15) is 5.10 Å². The molecule has 0 heterocycles. The van der Waals surface area contributed by atoms with Crippen LogP contribution < -0.4 is 5.43 Å². The van der Waals surface area contributed by atoms with E-state index in [0.29, 0.717) is 5.02 Å². The Morgan fingerprint density at radius 2 is 1.78 bits per heavy atom. The van der Waals surface area contributed by atoms with Crippen molar-refractivity contribution in [3.63, 3.8) is 0 Å². The van der Waals surface area contributed by atoms with Gasteiger partial charge in [0.1, 0.15) is 0 Å². The average molecular weight is 412 g/mol. The van der Waals surface area contributed by atoms with Crippen molar-refractivity contribution in [1.29, 1.82) is 0 Å². The van der Waals surface area contributed by atoms with Crippen LogP contribution in [0.3, 0.4) is 0 Å². The Bertz CT molecular complexity index is 972. The maximum atomic E-state index is 12.7. The van der Waals surface area contributed by atoms with Gasteiger partial charge in [-0.25, -0.2) is 13.2 Å². The Balaban J connectivity index is 2.38. The first-order chi connectivity index (χ1) is 12.8. The molecule has 0 saturated carbocycles. The molecule has 27 heavy (non-hydrogen) atoms. The van der Waals surface area contributed by atoms with Crippen LogP contribution in [0.4, 0.5) is 11.4 Å². The second kappa shape index (κ2) is 8.60. The molecule has 142 valence electrons. The van der Waals surface area contributed by atoms with Crippen molar-refractivity contribution < 1.29 is 22.9 Å². The molecule has 0 aromatic heterocycles. The lowest BCUT2D eigenvalue weighted by molar-refractivity contribution is -0.384. The molecule has 1 N–H and O–H groups in total. The van der Waals surface area contributed by atoms with Crippen LogP contribution >= 0.6 is 11.6 Å². The summed E-state index contributed by atoms with van der Waals surface area (Å²) >= 11 is 5.75. The van der Waals surface area contributed by atoms with Crippen LogP contribution in [0.15, 0.2) is 58.5 Å². The summed E-state index contributed by atoms with van der Waals surface area (Å²) in [5.74, 6) is -1.14. The third-order valence-electron chi connectivity index (χ3n) is 3.19. The van der Waals surface area contributed by atoms with Gasteiger partial charge in [0, 0.05) is 17.2 Å². The molecule has 0 aliphatic heterocycles. The zero-order chi connectivity index (χ0) is 20.0. The molecule has 2 rings (SSSR count). The van der Waals surface area contributed by atoms with Gasteiger partial charge in [-0.05, 0) is 43.3 Å². The topological polar surface area (TPSA) is 128 Å². The van der Waals surface area contributed by atoms with Crippen molar-refractivity contribution in [1.82, 2.24) is 0 Å². The van der Waals surface area contributed by atoms with Crippen molar-refractivity contribution in [2.24, 2.45) is 5.10 Å². The van der Waals surface area contributed by atoms with E-state index in [0.717, 1.165) is 0 Å². The predicted molar refractivity (Wildman–Crippen MR) is 99.4 cm³/mol. The minimum Gasteiger partial charge on any atom is -0.461 e. The molecule has 9 nitrogen and oxygen atoms in total. The highest BCUT2D eigenvalue weighted by Crippen LogP contribution is 2.19. The first-order valence-corrected chi connectivity index (χ1v) is 9.37. The first-order valence-electron chi connectivity index (χ1n) is 7.51. The molecule has 0 atom stereocenters. The minimum atomic E-state index is -4.28. The Labute approximate surface area is 159 Å². The van der Waals surface area contributed by atoms with Gasteiger partial charge in [0.05, 0.1) is 22.1 Å². The van der Waals surface area contributed by atoms with Crippen LogP contribution in [0, 0.1) is 10.1 Å². The first kappa shape index (κ1) is 20.3. The van der Waals surface area contributed by atoms with E-state index >= 15 is 0 Å². The SMILES string of the molecule is CCOC(=O)C(=NNc1ccc([N+](=O)[O-])cc1)S(=O)(=O)c1ccc(Cl)cc1. The van der Waals surface area contributed by atoms with Gasteiger partial charge in [0.15, 0.2) is 0 Å². The Morgan fingerprint density at radius 1 is 1.19 bits per heavy atom. The summed E-state index contributed by atoms with van der Waals surface area (Å²) in [6.45, 7) is 1.47. The summed E-state index contributed by atoms with van der Waals surface area (Å²) in [5, 5.41) is 13.8. The van der Waals surface area contributed by atoms with Crippen molar-refractivity contribution in [2.75, 3.05) is 12.0 Å². The van der Waals surface area contributed by atoms with E-state index < -0.39 is 25.8 Å². The number of hydrogen-bond acceptors (Lipinski definition) is 8. The highest BCUT2D eigenvalue weighted by Gasteiger charge is 2.31. The minimum absolute atomic E-state index is 0.0501. The number of nitro benzene ring substituents is 1. The number of nitro groups is 1. The van der Waals surface area contributed by atoms with Crippen molar-refractivity contribution in [2.45, 2.75) is 11.8 Å². The van der Waals surface area contributed by atoms with E-state index in [1.165, 1.54) is 55.5 Å². The number of carbonyl (C=O) groups is 1. The van der Waals surface area contributed by atoms with Crippen LogP contribution in [0.25, 0.3) is 0 Å². The van der Waals surface area contributed by atoms with E-state index in [4.69, 9.17) is 16.3 Å². The second-order valence-corrected chi connectivity index (χ2v) is 7.31. The van der Waals surface area contributed by atoms with E-state index in [2.05, 4.69) is 10.5 Å². The number of benzene rings is 2. The standard InChI is InChI=1S/C16H14ClN3O6S/c1-2-26-16(21)15(27(24,25)14-9-3-11(17)4-10-14)19-18-12-5-7-13(8-6-12)20(22)23/h3-10,18H,2H2,1H3. The molecule has 0 bridgehead atoms. The molecule has 0 fully saturated rings. The number of non-ortho nitro benzene ring substituents is 1. The number of halogens is 1. The number of rotatable bonds is 5. The Kier molecular flexibility index (Phi) is 6.48. The zero-order valence-corrected chi connectivity index (χ0v) is 15.5. The van der Waals surface area contributed by atoms with E-state index in [-0.39, 0.29) is 22.9 Å². The van der Waals surface area contributed by atoms with Gasteiger partial charge in [-0.3, -0.25) is 15.5 Å². The van der Waals surface area contributed by atoms with Gasteiger partial charge in [-0.15, -0.1) is 0 Å². The number of anilines is 1. The number of ether oxygens (including phenoxy) is 1. The normalized spacial score (nSPS) is 11.7. The molecule has 0 aliphatic carbocycles. The summed E-state index contributed by atoms with van der Waals surface area (Å²) in [7, 11) is -4.28. The lowest BCUT2D eigenvalue weighted by Crippen LogP contribution is -2.28. The molecular formula is C16H14ClN3O6S. The molecular weight excluding hydrogens is 398 g/mol. The van der Waals surface area contributed by atoms with Gasteiger partial charge < -0.3 is 4.74 Å². The van der Waals surface area contributed by atoms with Crippen LogP contribution in [0.1, 0.15) is 6.92 Å². The largest absolute Gasteiger partial charge is 0.461 e. The van der Waals surface area contributed by atoms with Gasteiger partial charge in [0.25, 0.3) is 10.7 Å². The molecule has 0 spiro atoms. The third-order valence-corrected chi connectivity index (χ3v) is 5.10. The number of nitrogens with one attached hydrogen (secondary N) is 1. The molecule has 0 saturated heterocycles. The van der Waals surface area contributed by atoms with E-state index in [9.17, 15) is 23.3 Å². The van der Waals surface area contributed by atoms with Gasteiger partial charge >= 0.3 is 5.97 Å². The molecule has 0 amide bonds. The fourth-order valence-corrected chi connectivity index (χ4v) is 3.19. The molecule has 11 heteroatoms. The number of carbonyl (C=O) groups excluding carboxylic acids is 1. The van der Waals surface area contributed by atoms with Gasteiger partial charge in [0.2, 0.25) is 9.84 Å². The van der Waals surface area contributed by atoms with E-state index in [1.54, 1.807) is 0 Å². The molecule has 2 aromatic rings. The van der Waals surface area contributed by atoms with Crippen LogP contribution in [0.2, 0.25) is 5.02 Å². The van der Waals surface area contributed by atoms with Crippen LogP contribution in [0.5, 0.6) is 0 Å². The van der Waals surface area contributed by atoms with Gasteiger partial charge in [-0.1, -0.05) is 11.6 Å². The average Bonchev–Trinajstić information content (AvgIpc) is 2.62. The van der Waals surface area contributed by atoms with Crippen molar-refractivity contribution >= 4 is 43.8 Å². The lowest BCUT2D eigenvalue weighted by atomic mass is 10.3. The van der Waals surface area contributed by atoms with E-state index in [1.807, 2.05) is 0 Å². The molecule has 0 aliphatic rings. The maximum Gasteiger partial charge on any atom is 0.371 e. The fourth-order valence-electron chi connectivity index (χ4n) is 1.91.